The van der Waals surface area contributed by atoms with E-state index in [1.807, 2.05) is 6.92 Å². The van der Waals surface area contributed by atoms with E-state index in [9.17, 15) is 24.9 Å². The minimum absolute atomic E-state index is 0.122. The topological polar surface area (TPSA) is 159 Å². The van der Waals surface area contributed by atoms with Gasteiger partial charge in [0.1, 0.15) is 48.8 Å². The number of carbonyl (C=O) groups excluding carboxylic acids is 2. The van der Waals surface area contributed by atoms with Gasteiger partial charge >= 0.3 is 11.9 Å². The van der Waals surface area contributed by atoms with Gasteiger partial charge in [-0.1, -0.05) is 36.4 Å². The summed E-state index contributed by atoms with van der Waals surface area (Å²) in [5, 5.41) is 32.4. The number of carbonyl (C=O) groups is 2. The molecule has 3 N–H and O–H groups in total. The Morgan fingerprint density at radius 2 is 1.51 bits per heavy atom. The van der Waals surface area contributed by atoms with E-state index in [1.54, 1.807) is 67.8 Å². The molecule has 4 saturated heterocycles. The van der Waals surface area contributed by atoms with E-state index in [1.165, 1.54) is 0 Å². The lowest BCUT2D eigenvalue weighted by Gasteiger charge is -2.68. The maximum Gasteiger partial charge on any atom is 0.338 e. The predicted octanol–water partition coefficient (Wildman–Crippen LogP) is 1.16. The maximum absolute atomic E-state index is 13.0. The van der Waals surface area contributed by atoms with Gasteiger partial charge in [-0.25, -0.2) is 9.59 Å². The summed E-state index contributed by atoms with van der Waals surface area (Å²) in [6, 6.07) is 16.9. The summed E-state index contributed by atoms with van der Waals surface area (Å²) in [5.41, 5.74) is -2.50. The SMILES string of the molecule is CO[C@]12C[C@]3(C)O[C@H](O1)[C@]1(COC(=O)c4ccccc4)[C@@H]2C[C@]13O[C@@H]1O[C@H](COC(=O)c2ccccc2)[C@@H](O)[C@H](O)[C@H]1O. The summed E-state index contributed by atoms with van der Waals surface area (Å²) in [6.45, 7) is 1.33. The molecule has 6 bridgehead atoms. The second-order valence-electron chi connectivity index (χ2n) is 12.2. The van der Waals surface area contributed by atoms with Gasteiger partial charge in [0.15, 0.2) is 18.4 Å². The Kier molecular flexibility index (Phi) is 6.73. The largest absolute Gasteiger partial charge is 0.461 e. The fraction of sp³-hybridized carbons (Fsp3) is 0.548. The summed E-state index contributed by atoms with van der Waals surface area (Å²) in [5.74, 6) is -2.41. The van der Waals surface area contributed by atoms with E-state index in [0.29, 0.717) is 24.0 Å². The van der Waals surface area contributed by atoms with Crippen LogP contribution in [0.25, 0.3) is 0 Å². The van der Waals surface area contributed by atoms with Crippen molar-refractivity contribution >= 4 is 11.9 Å². The molecular weight excluding hydrogens is 564 g/mol. The first-order valence-electron chi connectivity index (χ1n) is 14.3. The van der Waals surface area contributed by atoms with Gasteiger partial charge in [-0.05, 0) is 37.6 Å². The van der Waals surface area contributed by atoms with E-state index in [4.69, 9.17) is 33.2 Å². The molecular formula is C31H34O12. The Bertz CT molecular complexity index is 1390. The van der Waals surface area contributed by atoms with E-state index in [0.717, 1.165) is 0 Å². The zero-order chi connectivity index (χ0) is 30.2. The number of aliphatic hydroxyl groups excluding tert-OH is 3. The maximum atomic E-state index is 13.0. The highest BCUT2D eigenvalue weighted by Gasteiger charge is 2.95. The number of methoxy groups -OCH3 is 1. The highest BCUT2D eigenvalue weighted by molar-refractivity contribution is 5.89. The van der Waals surface area contributed by atoms with Crippen molar-refractivity contribution in [2.24, 2.45) is 11.3 Å². The molecule has 11 atom stereocenters. The molecule has 7 aliphatic rings. The quantitative estimate of drug-likeness (QED) is 0.354. The van der Waals surface area contributed by atoms with Crippen LogP contribution in [-0.2, 0) is 33.2 Å². The first-order valence-corrected chi connectivity index (χ1v) is 14.3. The minimum atomic E-state index is -1.66. The number of benzene rings is 2. The van der Waals surface area contributed by atoms with Crippen molar-refractivity contribution in [1.29, 1.82) is 0 Å². The van der Waals surface area contributed by atoms with E-state index >= 15 is 0 Å². The molecule has 2 aromatic carbocycles. The van der Waals surface area contributed by atoms with Crippen LogP contribution >= 0.6 is 0 Å². The van der Waals surface area contributed by atoms with Crippen molar-refractivity contribution in [3.05, 3.63) is 71.8 Å². The number of esters is 2. The number of ether oxygens (including phenoxy) is 7. The van der Waals surface area contributed by atoms with Gasteiger partial charge in [-0.3, -0.25) is 0 Å². The molecule has 4 aliphatic heterocycles. The standard InChI is InChI=1S/C31H34O12/c1-28-15-30(37-2)20-13-31(28,29(20,27(42-28)43-30)16-39-25(36)18-11-7-4-8-12-18)41-26-23(34)22(33)21(32)19(40-26)14-38-24(35)17-9-5-3-6-10-17/h3-12,19-23,26-27,32-34H,13-16H2,1-2H3/t19-,20+,21-,22+,23-,26+,27-,28+,29+,30-,31-/m1/s1. The van der Waals surface area contributed by atoms with E-state index in [-0.39, 0.29) is 12.5 Å². The predicted molar refractivity (Wildman–Crippen MR) is 143 cm³/mol. The lowest BCUT2D eigenvalue weighted by Crippen LogP contribution is -2.81. The van der Waals surface area contributed by atoms with Crippen LogP contribution in [0.3, 0.4) is 0 Å². The highest BCUT2D eigenvalue weighted by Crippen LogP contribution is 2.82. The smallest absolute Gasteiger partial charge is 0.338 e. The molecule has 4 heterocycles. The minimum Gasteiger partial charge on any atom is -0.461 e. The Balaban J connectivity index is 1.14. The first kappa shape index (κ1) is 28.8. The van der Waals surface area contributed by atoms with Crippen molar-refractivity contribution in [2.75, 3.05) is 20.3 Å². The molecule has 2 aromatic rings. The van der Waals surface area contributed by atoms with Crippen molar-refractivity contribution in [1.82, 2.24) is 0 Å². The third kappa shape index (κ3) is 3.91. The molecule has 7 fully saturated rings. The van der Waals surface area contributed by atoms with Gasteiger partial charge in [0, 0.05) is 19.4 Å². The zero-order valence-electron chi connectivity index (χ0n) is 23.7. The lowest BCUT2D eigenvalue weighted by molar-refractivity contribution is -0.427. The lowest BCUT2D eigenvalue weighted by atomic mass is 9.41. The molecule has 230 valence electrons. The Morgan fingerprint density at radius 3 is 2.14 bits per heavy atom. The van der Waals surface area contributed by atoms with E-state index in [2.05, 4.69) is 0 Å². The van der Waals surface area contributed by atoms with Crippen LogP contribution in [0.5, 0.6) is 0 Å². The normalized spacial score (nSPS) is 43.7. The molecule has 3 aliphatic carbocycles. The van der Waals surface area contributed by atoms with Crippen molar-refractivity contribution < 1.29 is 58.1 Å². The molecule has 0 unspecified atom stereocenters. The van der Waals surface area contributed by atoms with Gasteiger partial charge < -0.3 is 48.5 Å². The van der Waals surface area contributed by atoms with Crippen LogP contribution in [0.15, 0.2) is 60.7 Å². The fourth-order valence-corrected chi connectivity index (χ4v) is 7.91. The molecule has 12 nitrogen and oxygen atoms in total. The molecule has 0 radical (unpaired) electrons. The van der Waals surface area contributed by atoms with Gasteiger partial charge in [0.2, 0.25) is 0 Å². The first-order chi connectivity index (χ1) is 20.6. The number of rotatable bonds is 9. The van der Waals surface area contributed by atoms with Crippen LogP contribution in [0.1, 0.15) is 40.5 Å². The molecule has 9 rings (SSSR count). The number of aliphatic hydroxyl groups is 3. The van der Waals surface area contributed by atoms with Gasteiger partial charge in [-0.15, -0.1) is 0 Å². The highest BCUT2D eigenvalue weighted by atomic mass is 16.8. The summed E-state index contributed by atoms with van der Waals surface area (Å²) >= 11 is 0. The number of hydrogen-bond donors (Lipinski definition) is 3. The van der Waals surface area contributed by atoms with Crippen LogP contribution in [0.4, 0.5) is 0 Å². The van der Waals surface area contributed by atoms with Crippen LogP contribution in [0.2, 0.25) is 0 Å². The van der Waals surface area contributed by atoms with Crippen LogP contribution < -0.4 is 0 Å². The Morgan fingerprint density at radius 1 is 0.884 bits per heavy atom. The average Bonchev–Trinajstić information content (AvgIpc) is 3.23. The summed E-state index contributed by atoms with van der Waals surface area (Å²) in [7, 11) is 1.56. The molecule has 0 aromatic heterocycles. The van der Waals surface area contributed by atoms with Gasteiger partial charge in [-0.2, -0.15) is 0 Å². The molecule has 43 heavy (non-hydrogen) atoms. The average molecular weight is 599 g/mol. The summed E-state index contributed by atoms with van der Waals surface area (Å²) in [6.07, 6.45) is -7.69. The summed E-state index contributed by atoms with van der Waals surface area (Å²) < 4.78 is 42.4. The fourth-order valence-electron chi connectivity index (χ4n) is 7.91. The monoisotopic (exact) mass is 598 g/mol. The molecule has 0 spiro atoms. The molecule has 0 amide bonds. The third-order valence-electron chi connectivity index (χ3n) is 10.1. The van der Waals surface area contributed by atoms with Gasteiger partial charge in [0.25, 0.3) is 0 Å². The molecule has 3 saturated carbocycles. The Hall–Kier alpha value is -2.94. The van der Waals surface area contributed by atoms with Crippen LogP contribution in [-0.4, -0.2) is 102 Å². The van der Waals surface area contributed by atoms with Crippen molar-refractivity contribution in [3.63, 3.8) is 0 Å². The third-order valence-corrected chi connectivity index (χ3v) is 10.1. The number of hydrogen-bond acceptors (Lipinski definition) is 12. The van der Waals surface area contributed by atoms with E-state index < -0.39 is 77.9 Å². The Labute approximate surface area is 247 Å². The summed E-state index contributed by atoms with van der Waals surface area (Å²) in [4.78, 5) is 25.5. The van der Waals surface area contributed by atoms with Crippen LogP contribution in [0, 0.1) is 11.3 Å². The molecule has 12 heteroatoms. The van der Waals surface area contributed by atoms with Crippen molar-refractivity contribution in [2.45, 2.75) is 73.8 Å². The van der Waals surface area contributed by atoms with Gasteiger partial charge in [0.05, 0.1) is 16.5 Å². The van der Waals surface area contributed by atoms with Crippen molar-refractivity contribution in [3.8, 4) is 0 Å². The second kappa shape index (κ2) is 10.0. The second-order valence-corrected chi connectivity index (χ2v) is 12.2. The zero-order valence-corrected chi connectivity index (χ0v) is 23.7.